The third-order valence-electron chi connectivity index (χ3n) is 3.63. The molecule has 5 heteroatoms. The lowest BCUT2D eigenvalue weighted by atomic mass is 10.0. The summed E-state index contributed by atoms with van der Waals surface area (Å²) < 4.78 is 11.5. The molecule has 0 N–H and O–H groups in total. The highest BCUT2D eigenvalue weighted by molar-refractivity contribution is 5.74. The molecule has 3 heterocycles. The molecular weight excluding hydrogens is 266 g/mol. The van der Waals surface area contributed by atoms with Gasteiger partial charge in [0.1, 0.15) is 11.3 Å². The topological polar surface area (TPSA) is 51.4 Å². The van der Waals surface area contributed by atoms with Gasteiger partial charge in [-0.15, -0.1) is 0 Å². The molecule has 0 radical (unpaired) electrons. The predicted molar refractivity (Wildman–Crippen MR) is 79.4 cm³/mol. The fraction of sp³-hybridized carbons (Fsp3) is 0.250. The minimum absolute atomic E-state index is 0.500. The van der Waals surface area contributed by atoms with Crippen LogP contribution in [0.1, 0.15) is 0 Å². The summed E-state index contributed by atoms with van der Waals surface area (Å²) >= 11 is 0. The standard InChI is InChI=1S/C16H15N3O2/c1-2-6-15-14(5-1)18-16(21-15)19-9-12(10-19)11-20-13-4-3-7-17-8-13/h1-8,12H,9-11H2. The summed E-state index contributed by atoms with van der Waals surface area (Å²) in [6.07, 6.45) is 3.47. The Morgan fingerprint density at radius 3 is 2.90 bits per heavy atom. The van der Waals surface area contributed by atoms with Crippen molar-refractivity contribution in [3.05, 3.63) is 48.8 Å². The van der Waals surface area contributed by atoms with Gasteiger partial charge in [0.15, 0.2) is 5.58 Å². The van der Waals surface area contributed by atoms with Crippen molar-refractivity contribution in [1.29, 1.82) is 0 Å². The third-order valence-corrected chi connectivity index (χ3v) is 3.63. The van der Waals surface area contributed by atoms with Crippen LogP contribution in [0.2, 0.25) is 0 Å². The molecule has 0 unspecified atom stereocenters. The number of rotatable bonds is 4. The molecule has 1 aliphatic rings. The summed E-state index contributed by atoms with van der Waals surface area (Å²) in [6, 6.07) is 12.3. The molecule has 2 aromatic heterocycles. The van der Waals surface area contributed by atoms with Crippen LogP contribution in [0.25, 0.3) is 11.1 Å². The van der Waals surface area contributed by atoms with Crippen LogP contribution in [-0.2, 0) is 0 Å². The summed E-state index contributed by atoms with van der Waals surface area (Å²) in [7, 11) is 0. The number of hydrogen-bond donors (Lipinski definition) is 0. The van der Waals surface area contributed by atoms with Crippen molar-refractivity contribution in [2.45, 2.75) is 0 Å². The number of fused-ring (bicyclic) bond motifs is 1. The van der Waals surface area contributed by atoms with Gasteiger partial charge in [-0.2, -0.15) is 4.98 Å². The fourth-order valence-electron chi connectivity index (χ4n) is 2.47. The second-order valence-corrected chi connectivity index (χ2v) is 5.23. The van der Waals surface area contributed by atoms with Gasteiger partial charge in [-0.05, 0) is 24.3 Å². The van der Waals surface area contributed by atoms with Crippen molar-refractivity contribution in [3.8, 4) is 5.75 Å². The predicted octanol–water partition coefficient (Wildman–Crippen LogP) is 2.74. The number of para-hydroxylation sites is 2. The molecule has 5 nitrogen and oxygen atoms in total. The van der Waals surface area contributed by atoms with Gasteiger partial charge in [0.25, 0.3) is 6.01 Å². The minimum atomic E-state index is 0.500. The normalized spacial score (nSPS) is 15.1. The Kier molecular flexibility index (Phi) is 2.96. The van der Waals surface area contributed by atoms with Crippen molar-refractivity contribution in [3.63, 3.8) is 0 Å². The van der Waals surface area contributed by atoms with E-state index in [1.54, 1.807) is 12.4 Å². The molecule has 1 fully saturated rings. The number of aromatic nitrogens is 2. The SMILES string of the molecule is c1cncc(OCC2CN(c3nc4ccccc4o3)C2)c1. The van der Waals surface area contributed by atoms with Gasteiger partial charge in [-0.25, -0.2) is 0 Å². The van der Waals surface area contributed by atoms with Crippen LogP contribution in [0.4, 0.5) is 6.01 Å². The van der Waals surface area contributed by atoms with Crippen LogP contribution in [0.15, 0.2) is 53.2 Å². The average Bonchev–Trinajstić information content (AvgIpc) is 2.90. The summed E-state index contributed by atoms with van der Waals surface area (Å²) in [4.78, 5) is 10.7. The zero-order chi connectivity index (χ0) is 14.1. The summed E-state index contributed by atoms with van der Waals surface area (Å²) in [5.41, 5.74) is 1.74. The van der Waals surface area contributed by atoms with E-state index in [0.29, 0.717) is 18.5 Å². The van der Waals surface area contributed by atoms with E-state index in [9.17, 15) is 0 Å². The van der Waals surface area contributed by atoms with Crippen LogP contribution in [0, 0.1) is 5.92 Å². The summed E-state index contributed by atoms with van der Waals surface area (Å²) in [6.45, 7) is 2.52. The zero-order valence-electron chi connectivity index (χ0n) is 11.5. The van der Waals surface area contributed by atoms with Gasteiger partial charge >= 0.3 is 0 Å². The first-order valence-electron chi connectivity index (χ1n) is 7.02. The highest BCUT2D eigenvalue weighted by Crippen LogP contribution is 2.27. The molecule has 1 aliphatic heterocycles. The summed E-state index contributed by atoms with van der Waals surface area (Å²) in [5.74, 6) is 1.32. The molecule has 21 heavy (non-hydrogen) atoms. The summed E-state index contributed by atoms with van der Waals surface area (Å²) in [5, 5.41) is 0. The quantitative estimate of drug-likeness (QED) is 0.736. The monoisotopic (exact) mass is 281 g/mol. The third kappa shape index (κ3) is 2.42. The largest absolute Gasteiger partial charge is 0.492 e. The number of hydrogen-bond acceptors (Lipinski definition) is 5. The number of ether oxygens (including phenoxy) is 1. The van der Waals surface area contributed by atoms with Crippen LogP contribution in [0.3, 0.4) is 0 Å². The van der Waals surface area contributed by atoms with Gasteiger partial charge in [-0.3, -0.25) is 4.98 Å². The first kappa shape index (κ1) is 12.2. The van der Waals surface area contributed by atoms with Crippen LogP contribution in [0.5, 0.6) is 5.75 Å². The van der Waals surface area contributed by atoms with E-state index in [-0.39, 0.29) is 0 Å². The number of anilines is 1. The number of pyridine rings is 1. The van der Waals surface area contributed by atoms with Crippen molar-refractivity contribution < 1.29 is 9.15 Å². The number of nitrogens with zero attached hydrogens (tertiary/aromatic N) is 3. The Morgan fingerprint density at radius 2 is 2.10 bits per heavy atom. The molecule has 0 spiro atoms. The number of benzene rings is 1. The highest BCUT2D eigenvalue weighted by atomic mass is 16.5. The van der Waals surface area contributed by atoms with Gasteiger partial charge in [0.2, 0.25) is 0 Å². The van der Waals surface area contributed by atoms with E-state index in [4.69, 9.17) is 9.15 Å². The van der Waals surface area contributed by atoms with Gasteiger partial charge in [-0.1, -0.05) is 12.1 Å². The van der Waals surface area contributed by atoms with Crippen molar-refractivity contribution >= 4 is 17.1 Å². The Balaban J connectivity index is 1.34. The maximum absolute atomic E-state index is 5.75. The lowest BCUT2D eigenvalue weighted by Crippen LogP contribution is -2.49. The second kappa shape index (κ2) is 5.09. The van der Waals surface area contributed by atoms with E-state index in [1.807, 2.05) is 36.4 Å². The molecular formula is C16H15N3O2. The van der Waals surface area contributed by atoms with E-state index in [1.165, 1.54) is 0 Å². The van der Waals surface area contributed by atoms with Crippen molar-refractivity contribution in [1.82, 2.24) is 9.97 Å². The molecule has 0 saturated carbocycles. The van der Waals surface area contributed by atoms with E-state index in [2.05, 4.69) is 14.9 Å². The maximum Gasteiger partial charge on any atom is 0.298 e. The molecule has 0 aliphatic carbocycles. The van der Waals surface area contributed by atoms with Crippen LogP contribution in [-0.4, -0.2) is 29.7 Å². The number of oxazole rings is 1. The Hall–Kier alpha value is -2.56. The van der Waals surface area contributed by atoms with Crippen LogP contribution < -0.4 is 9.64 Å². The van der Waals surface area contributed by atoms with E-state index in [0.717, 1.165) is 29.9 Å². The molecule has 106 valence electrons. The average molecular weight is 281 g/mol. The fourth-order valence-corrected chi connectivity index (χ4v) is 2.47. The molecule has 0 bridgehead atoms. The van der Waals surface area contributed by atoms with Crippen LogP contribution >= 0.6 is 0 Å². The van der Waals surface area contributed by atoms with E-state index >= 15 is 0 Å². The highest BCUT2D eigenvalue weighted by Gasteiger charge is 2.30. The smallest absolute Gasteiger partial charge is 0.298 e. The zero-order valence-corrected chi connectivity index (χ0v) is 11.5. The first-order chi connectivity index (χ1) is 10.4. The molecule has 1 saturated heterocycles. The molecule has 4 rings (SSSR count). The molecule has 3 aromatic rings. The van der Waals surface area contributed by atoms with Gasteiger partial charge < -0.3 is 14.1 Å². The van der Waals surface area contributed by atoms with Gasteiger partial charge in [0, 0.05) is 25.2 Å². The molecule has 0 amide bonds. The molecule has 1 aromatic carbocycles. The lowest BCUT2D eigenvalue weighted by Gasteiger charge is -2.37. The molecule has 0 atom stereocenters. The minimum Gasteiger partial charge on any atom is -0.492 e. The van der Waals surface area contributed by atoms with Gasteiger partial charge in [0.05, 0.1) is 12.8 Å². The Morgan fingerprint density at radius 1 is 1.19 bits per heavy atom. The van der Waals surface area contributed by atoms with Crippen molar-refractivity contribution in [2.24, 2.45) is 5.92 Å². The first-order valence-corrected chi connectivity index (χ1v) is 7.02. The Bertz CT molecular complexity index is 702. The van der Waals surface area contributed by atoms with E-state index < -0.39 is 0 Å². The lowest BCUT2D eigenvalue weighted by molar-refractivity contribution is 0.215. The van der Waals surface area contributed by atoms with Crippen molar-refractivity contribution in [2.75, 3.05) is 24.6 Å². The maximum atomic E-state index is 5.75. The Labute approximate surface area is 122 Å². The second-order valence-electron chi connectivity index (χ2n) is 5.23.